The van der Waals surface area contributed by atoms with Gasteiger partial charge >= 0.3 is 12.0 Å². The van der Waals surface area contributed by atoms with Crippen molar-refractivity contribution in [2.75, 3.05) is 29.8 Å². The van der Waals surface area contributed by atoms with Crippen LogP contribution in [-0.4, -0.2) is 60.7 Å². The van der Waals surface area contributed by atoms with Gasteiger partial charge in [-0.1, -0.05) is 55.5 Å². The molecular formula is C32H32N4O8. The summed E-state index contributed by atoms with van der Waals surface area (Å²) in [4.78, 5) is 80.5. The molecule has 1 aliphatic heterocycles. The number of nitrogens with zero attached hydrogens (tertiary/aromatic N) is 2. The first kappa shape index (κ1) is 31.4. The summed E-state index contributed by atoms with van der Waals surface area (Å²) in [5.74, 6) is -3.98. The van der Waals surface area contributed by atoms with E-state index in [1.54, 1.807) is 67.6 Å². The predicted octanol–water partition coefficient (Wildman–Crippen LogP) is 3.94. The van der Waals surface area contributed by atoms with Gasteiger partial charge in [0.1, 0.15) is 11.8 Å². The van der Waals surface area contributed by atoms with E-state index in [0.717, 1.165) is 6.92 Å². The van der Waals surface area contributed by atoms with E-state index in [1.165, 1.54) is 37.3 Å². The van der Waals surface area contributed by atoms with Crippen LogP contribution in [0.25, 0.3) is 0 Å². The predicted molar refractivity (Wildman–Crippen MR) is 161 cm³/mol. The Kier molecular flexibility index (Phi) is 9.74. The minimum atomic E-state index is -1.81. The van der Waals surface area contributed by atoms with Crippen molar-refractivity contribution in [2.45, 2.75) is 32.4 Å². The molecule has 0 aliphatic carbocycles. The van der Waals surface area contributed by atoms with Crippen LogP contribution in [0.15, 0.2) is 78.9 Å². The van der Waals surface area contributed by atoms with Crippen LogP contribution >= 0.6 is 0 Å². The molecule has 3 aromatic rings. The van der Waals surface area contributed by atoms with Crippen LogP contribution in [0.3, 0.4) is 0 Å². The average molecular weight is 601 g/mol. The van der Waals surface area contributed by atoms with Crippen LogP contribution in [-0.2, 0) is 28.7 Å². The molecule has 12 nitrogen and oxygen atoms in total. The number of nitrogens with one attached hydrogen (secondary N) is 2. The standard InChI is InChI=1S/C32H32N4O8/c1-19(17-26(38)44-4)29(39)33-22-15-16-25(43-3)24(18-22)34-30(40)27(20(2)37)36-31(41)28(21-11-7-5-8-12-21)35(32(36)42)23-13-9-6-10-14-23/h5-16,18-19,27-28H,17H2,1-4H3,(H,33,39)(H,34,40). The Bertz CT molecular complexity index is 1520. The van der Waals surface area contributed by atoms with Gasteiger partial charge in [0.25, 0.3) is 11.8 Å². The third kappa shape index (κ3) is 6.59. The lowest BCUT2D eigenvalue weighted by Crippen LogP contribution is -2.51. The number of rotatable bonds is 11. The van der Waals surface area contributed by atoms with E-state index >= 15 is 0 Å². The van der Waals surface area contributed by atoms with E-state index in [2.05, 4.69) is 15.4 Å². The number of Topliss-reactive ketones (excluding diaryl/α,β-unsaturated/α-hetero) is 1. The van der Waals surface area contributed by atoms with Gasteiger partial charge in [-0.05, 0) is 42.8 Å². The van der Waals surface area contributed by atoms with Gasteiger partial charge in [-0.3, -0.25) is 28.9 Å². The second-order valence-electron chi connectivity index (χ2n) is 10.1. The van der Waals surface area contributed by atoms with Crippen LogP contribution in [0.2, 0.25) is 0 Å². The third-order valence-corrected chi connectivity index (χ3v) is 7.06. The Balaban J connectivity index is 1.64. The van der Waals surface area contributed by atoms with Crippen molar-refractivity contribution in [1.82, 2.24) is 4.90 Å². The van der Waals surface area contributed by atoms with Gasteiger partial charge in [0.15, 0.2) is 11.8 Å². The molecule has 3 aromatic carbocycles. The van der Waals surface area contributed by atoms with E-state index < -0.39 is 53.5 Å². The molecule has 44 heavy (non-hydrogen) atoms. The van der Waals surface area contributed by atoms with Crippen molar-refractivity contribution < 1.29 is 38.2 Å². The molecule has 228 valence electrons. The quantitative estimate of drug-likeness (QED) is 0.191. The number of hydrogen-bond acceptors (Lipinski definition) is 8. The van der Waals surface area contributed by atoms with Crippen molar-refractivity contribution in [1.29, 1.82) is 0 Å². The maximum absolute atomic E-state index is 13.9. The zero-order chi connectivity index (χ0) is 32.0. The number of carbonyl (C=O) groups is 6. The minimum Gasteiger partial charge on any atom is -0.495 e. The lowest BCUT2D eigenvalue weighted by Gasteiger charge is -2.24. The number of para-hydroxylation sites is 1. The van der Waals surface area contributed by atoms with Crippen LogP contribution in [0.4, 0.5) is 21.9 Å². The highest BCUT2D eigenvalue weighted by molar-refractivity contribution is 6.22. The maximum atomic E-state index is 13.9. The van der Waals surface area contributed by atoms with Gasteiger partial charge in [0, 0.05) is 17.3 Å². The molecule has 12 heteroatoms. The molecule has 5 amide bonds. The Morgan fingerprint density at radius 2 is 1.50 bits per heavy atom. The largest absolute Gasteiger partial charge is 0.495 e. The molecule has 0 radical (unpaired) electrons. The number of amides is 5. The summed E-state index contributed by atoms with van der Waals surface area (Å²) in [5, 5.41) is 5.24. The molecular weight excluding hydrogens is 568 g/mol. The summed E-state index contributed by atoms with van der Waals surface area (Å²) in [5.41, 5.74) is 1.25. The highest BCUT2D eigenvalue weighted by Gasteiger charge is 2.52. The van der Waals surface area contributed by atoms with E-state index in [-0.39, 0.29) is 23.5 Å². The Morgan fingerprint density at radius 1 is 0.864 bits per heavy atom. The molecule has 1 heterocycles. The van der Waals surface area contributed by atoms with Crippen LogP contribution < -0.4 is 20.3 Å². The van der Waals surface area contributed by atoms with Gasteiger partial charge in [0.2, 0.25) is 5.91 Å². The SMILES string of the molecule is COC(=O)CC(C)C(=O)Nc1ccc(OC)c(NC(=O)C(C(C)=O)N2C(=O)C(c3ccccc3)N(c3ccccc3)C2=O)c1. The first-order valence-corrected chi connectivity index (χ1v) is 13.7. The number of imide groups is 1. The molecule has 3 unspecified atom stereocenters. The molecule has 0 aromatic heterocycles. The van der Waals surface area contributed by atoms with Gasteiger partial charge < -0.3 is 20.1 Å². The van der Waals surface area contributed by atoms with Crippen LogP contribution in [0, 0.1) is 5.92 Å². The van der Waals surface area contributed by atoms with Gasteiger partial charge in [-0.25, -0.2) is 9.69 Å². The Morgan fingerprint density at radius 3 is 2.09 bits per heavy atom. The van der Waals surface area contributed by atoms with Crippen molar-refractivity contribution in [2.24, 2.45) is 5.92 Å². The maximum Gasteiger partial charge on any atom is 0.333 e. The fourth-order valence-corrected chi connectivity index (χ4v) is 4.84. The van der Waals surface area contributed by atoms with Crippen molar-refractivity contribution in [3.8, 4) is 5.75 Å². The monoisotopic (exact) mass is 600 g/mol. The fourth-order valence-electron chi connectivity index (χ4n) is 4.84. The van der Waals surface area contributed by atoms with Crippen molar-refractivity contribution in [3.63, 3.8) is 0 Å². The molecule has 1 saturated heterocycles. The minimum absolute atomic E-state index is 0.0702. The highest BCUT2D eigenvalue weighted by Crippen LogP contribution is 2.37. The van der Waals surface area contributed by atoms with Gasteiger partial charge in [-0.15, -0.1) is 0 Å². The van der Waals surface area contributed by atoms with Crippen LogP contribution in [0.1, 0.15) is 31.9 Å². The highest BCUT2D eigenvalue weighted by atomic mass is 16.5. The first-order valence-electron chi connectivity index (χ1n) is 13.7. The smallest absolute Gasteiger partial charge is 0.333 e. The number of benzene rings is 3. The number of methoxy groups -OCH3 is 2. The van der Waals surface area contributed by atoms with E-state index in [4.69, 9.17) is 4.74 Å². The number of ether oxygens (including phenoxy) is 2. The zero-order valence-electron chi connectivity index (χ0n) is 24.6. The van der Waals surface area contributed by atoms with Crippen LogP contribution in [0.5, 0.6) is 5.75 Å². The Hall–Kier alpha value is -5.52. The normalized spacial score (nSPS) is 15.8. The molecule has 0 bridgehead atoms. The third-order valence-electron chi connectivity index (χ3n) is 7.06. The second-order valence-corrected chi connectivity index (χ2v) is 10.1. The second kappa shape index (κ2) is 13.6. The lowest BCUT2D eigenvalue weighted by atomic mass is 10.0. The van der Waals surface area contributed by atoms with Gasteiger partial charge in [-0.2, -0.15) is 0 Å². The average Bonchev–Trinajstić information content (AvgIpc) is 3.27. The first-order chi connectivity index (χ1) is 21.1. The summed E-state index contributed by atoms with van der Waals surface area (Å²) in [7, 11) is 2.59. The number of carbonyl (C=O) groups excluding carboxylic acids is 6. The number of hydrogen-bond donors (Lipinski definition) is 2. The summed E-state index contributed by atoms with van der Waals surface area (Å²) in [6.45, 7) is 2.67. The molecule has 0 spiro atoms. The summed E-state index contributed by atoms with van der Waals surface area (Å²) in [6, 6.07) is 17.7. The van der Waals surface area contributed by atoms with Gasteiger partial charge in [0.05, 0.1) is 26.3 Å². The molecule has 4 rings (SSSR count). The molecule has 1 fully saturated rings. The zero-order valence-corrected chi connectivity index (χ0v) is 24.6. The molecule has 3 atom stereocenters. The summed E-state index contributed by atoms with van der Waals surface area (Å²) >= 11 is 0. The number of ketones is 1. The molecule has 0 saturated carbocycles. The summed E-state index contributed by atoms with van der Waals surface area (Å²) in [6.07, 6.45) is -0.135. The lowest BCUT2D eigenvalue weighted by molar-refractivity contribution is -0.143. The summed E-state index contributed by atoms with van der Waals surface area (Å²) < 4.78 is 9.96. The van der Waals surface area contributed by atoms with Crippen molar-refractivity contribution >= 4 is 52.6 Å². The Labute approximate surface area is 253 Å². The topological polar surface area (TPSA) is 151 Å². The van der Waals surface area contributed by atoms with E-state index in [9.17, 15) is 28.8 Å². The van der Waals surface area contributed by atoms with Crippen molar-refractivity contribution in [3.05, 3.63) is 84.4 Å². The number of anilines is 3. The fraction of sp³-hybridized carbons (Fsp3) is 0.250. The molecule has 1 aliphatic rings. The van der Waals surface area contributed by atoms with E-state index in [0.29, 0.717) is 16.2 Å². The number of urea groups is 1. The molecule has 2 N–H and O–H groups in total. The number of esters is 1. The van der Waals surface area contributed by atoms with E-state index in [1.807, 2.05) is 0 Å².